The molecule has 0 saturated carbocycles. The number of anilines is 1. The van der Waals surface area contributed by atoms with Crippen molar-refractivity contribution in [2.75, 3.05) is 31.6 Å². The van der Waals surface area contributed by atoms with Gasteiger partial charge in [0, 0.05) is 36.7 Å². The molecular formula is C20H25N3O2S. The summed E-state index contributed by atoms with van der Waals surface area (Å²) in [4.78, 5) is 20.4. The zero-order valence-corrected chi connectivity index (χ0v) is 16.0. The molecule has 1 amide bonds. The number of ether oxygens (including phenoxy) is 1. The first-order valence-electron chi connectivity index (χ1n) is 9.39. The molecule has 1 aliphatic heterocycles. The molecule has 1 N–H and O–H groups in total. The van der Waals surface area contributed by atoms with Crippen molar-refractivity contribution in [3.63, 3.8) is 0 Å². The van der Waals surface area contributed by atoms with Crippen molar-refractivity contribution in [2.24, 2.45) is 0 Å². The number of fused-ring (bicyclic) bond motifs is 1. The minimum Gasteiger partial charge on any atom is -0.379 e. The van der Waals surface area contributed by atoms with Crippen LogP contribution in [0.3, 0.4) is 0 Å². The smallest absolute Gasteiger partial charge is 0.221 e. The van der Waals surface area contributed by atoms with Crippen LogP contribution in [0.15, 0.2) is 24.4 Å². The highest BCUT2D eigenvalue weighted by molar-refractivity contribution is 7.16. The van der Waals surface area contributed by atoms with Crippen molar-refractivity contribution >= 4 is 22.2 Å². The zero-order chi connectivity index (χ0) is 17.9. The molecule has 1 aliphatic carbocycles. The lowest BCUT2D eigenvalue weighted by Crippen LogP contribution is -2.40. The number of rotatable bonds is 4. The Bertz CT molecular complexity index is 769. The Kier molecular flexibility index (Phi) is 5.33. The van der Waals surface area contributed by atoms with E-state index < -0.39 is 0 Å². The molecule has 4 rings (SSSR count). The third-order valence-electron chi connectivity index (χ3n) is 5.15. The van der Waals surface area contributed by atoms with E-state index in [9.17, 15) is 4.79 Å². The Morgan fingerprint density at radius 3 is 2.81 bits per heavy atom. The van der Waals surface area contributed by atoms with Crippen LogP contribution in [-0.4, -0.2) is 42.1 Å². The van der Waals surface area contributed by atoms with Gasteiger partial charge < -0.3 is 10.1 Å². The maximum atomic E-state index is 11.9. The first kappa shape index (κ1) is 17.6. The number of carbonyl (C=O) groups excluding carboxylic acids is 1. The van der Waals surface area contributed by atoms with Crippen molar-refractivity contribution in [1.29, 1.82) is 0 Å². The highest BCUT2D eigenvalue weighted by Crippen LogP contribution is 2.45. The van der Waals surface area contributed by atoms with Gasteiger partial charge in [-0.05, 0) is 43.4 Å². The summed E-state index contributed by atoms with van der Waals surface area (Å²) in [6.07, 6.45) is 6.52. The van der Waals surface area contributed by atoms with Crippen LogP contribution in [0.2, 0.25) is 0 Å². The lowest BCUT2D eigenvalue weighted by molar-refractivity contribution is -0.114. The zero-order valence-electron chi connectivity index (χ0n) is 15.2. The molecule has 0 spiro atoms. The minimum absolute atomic E-state index is 0.00778. The Labute approximate surface area is 158 Å². The van der Waals surface area contributed by atoms with Gasteiger partial charge in [0.05, 0.1) is 24.9 Å². The Morgan fingerprint density at radius 2 is 2.08 bits per heavy atom. The number of thiophene rings is 1. The molecule has 1 saturated heterocycles. The number of hydrogen-bond donors (Lipinski definition) is 1. The number of nitrogens with zero attached hydrogens (tertiary/aromatic N) is 2. The number of hydrogen-bond acceptors (Lipinski definition) is 5. The fraction of sp³-hybridized carbons (Fsp3) is 0.500. The summed E-state index contributed by atoms with van der Waals surface area (Å²) >= 11 is 1.76. The largest absolute Gasteiger partial charge is 0.379 e. The fourth-order valence-corrected chi connectivity index (χ4v) is 5.39. The van der Waals surface area contributed by atoms with Gasteiger partial charge in [-0.15, -0.1) is 11.3 Å². The summed E-state index contributed by atoms with van der Waals surface area (Å²) in [7, 11) is 0. The van der Waals surface area contributed by atoms with Crippen LogP contribution in [0.4, 0.5) is 5.00 Å². The lowest BCUT2D eigenvalue weighted by atomic mass is 9.90. The molecule has 1 unspecified atom stereocenters. The molecule has 1 atom stereocenters. The molecule has 3 heterocycles. The van der Waals surface area contributed by atoms with Crippen LogP contribution in [0.1, 0.15) is 47.5 Å². The molecule has 5 nitrogen and oxygen atoms in total. The Morgan fingerprint density at radius 1 is 1.27 bits per heavy atom. The summed E-state index contributed by atoms with van der Waals surface area (Å²) in [5, 5.41) is 4.12. The second-order valence-electron chi connectivity index (χ2n) is 6.94. The predicted molar refractivity (Wildman–Crippen MR) is 104 cm³/mol. The van der Waals surface area contributed by atoms with Crippen molar-refractivity contribution in [3.05, 3.63) is 46.1 Å². The molecule has 1 fully saturated rings. The van der Waals surface area contributed by atoms with Gasteiger partial charge in [0.15, 0.2) is 0 Å². The average molecular weight is 372 g/mol. The molecule has 2 aromatic heterocycles. The first-order valence-corrected chi connectivity index (χ1v) is 10.2. The van der Waals surface area contributed by atoms with Gasteiger partial charge in [0.1, 0.15) is 5.00 Å². The standard InChI is InChI=1S/C20H25N3O2S/c1-14(24)22-20-18(15-6-2-3-8-17(15)26-20)19(16-7-4-5-9-21-16)23-10-12-25-13-11-23/h4-5,7,9,19H,2-3,6,8,10-13H2,1H3,(H,22,24). The summed E-state index contributed by atoms with van der Waals surface area (Å²) in [6.45, 7) is 4.83. The number of amides is 1. The number of pyridine rings is 1. The number of nitrogens with one attached hydrogen (secondary N) is 1. The monoisotopic (exact) mass is 371 g/mol. The van der Waals surface area contributed by atoms with Gasteiger partial charge in [0.25, 0.3) is 0 Å². The van der Waals surface area contributed by atoms with Gasteiger partial charge >= 0.3 is 0 Å². The van der Waals surface area contributed by atoms with Crippen molar-refractivity contribution in [1.82, 2.24) is 9.88 Å². The van der Waals surface area contributed by atoms with Gasteiger partial charge in [-0.1, -0.05) is 6.07 Å². The molecule has 138 valence electrons. The Balaban J connectivity index is 1.84. The fourth-order valence-electron chi connectivity index (χ4n) is 4.02. The van der Waals surface area contributed by atoms with Gasteiger partial charge in [-0.3, -0.25) is 14.7 Å². The third kappa shape index (κ3) is 3.54. The maximum Gasteiger partial charge on any atom is 0.221 e. The van der Waals surface area contributed by atoms with Crippen molar-refractivity contribution in [3.8, 4) is 0 Å². The summed E-state index contributed by atoms with van der Waals surface area (Å²) in [6, 6.07) is 6.18. The quantitative estimate of drug-likeness (QED) is 0.895. The molecule has 0 aromatic carbocycles. The molecule has 2 aromatic rings. The van der Waals surface area contributed by atoms with E-state index in [2.05, 4.69) is 21.3 Å². The molecule has 0 radical (unpaired) electrons. The Hall–Kier alpha value is -1.76. The number of morpholine rings is 1. The van der Waals surface area contributed by atoms with E-state index in [1.54, 1.807) is 18.3 Å². The van der Waals surface area contributed by atoms with Crippen LogP contribution in [0.5, 0.6) is 0 Å². The first-order chi connectivity index (χ1) is 12.7. The maximum absolute atomic E-state index is 11.9. The number of carbonyl (C=O) groups is 1. The average Bonchev–Trinajstić information content (AvgIpc) is 3.01. The van der Waals surface area contributed by atoms with Crippen LogP contribution in [-0.2, 0) is 22.4 Å². The predicted octanol–water partition coefficient (Wildman–Crippen LogP) is 3.40. The van der Waals surface area contributed by atoms with E-state index in [0.29, 0.717) is 0 Å². The number of aryl methyl sites for hydroxylation is 1. The second kappa shape index (κ2) is 7.86. The third-order valence-corrected chi connectivity index (χ3v) is 6.38. The highest BCUT2D eigenvalue weighted by Gasteiger charge is 2.33. The minimum atomic E-state index is -0.00778. The summed E-state index contributed by atoms with van der Waals surface area (Å²) < 4.78 is 5.58. The molecule has 6 heteroatoms. The van der Waals surface area contributed by atoms with Gasteiger partial charge in [0.2, 0.25) is 5.91 Å². The molecule has 26 heavy (non-hydrogen) atoms. The van der Waals surface area contributed by atoms with Crippen LogP contribution >= 0.6 is 11.3 Å². The lowest BCUT2D eigenvalue weighted by Gasteiger charge is -2.35. The van der Waals surface area contributed by atoms with E-state index in [1.807, 2.05) is 18.3 Å². The van der Waals surface area contributed by atoms with Gasteiger partial charge in [-0.25, -0.2) is 0 Å². The molecule has 0 bridgehead atoms. The van der Waals surface area contributed by atoms with Gasteiger partial charge in [-0.2, -0.15) is 0 Å². The summed E-state index contributed by atoms with van der Waals surface area (Å²) in [5.74, 6) is -0.00778. The SMILES string of the molecule is CC(=O)Nc1sc2c(c1C(c1ccccn1)N1CCOCC1)CCCC2. The molecule has 2 aliphatic rings. The van der Waals surface area contributed by atoms with E-state index >= 15 is 0 Å². The van der Waals surface area contributed by atoms with E-state index in [-0.39, 0.29) is 11.9 Å². The van der Waals surface area contributed by atoms with E-state index in [0.717, 1.165) is 49.8 Å². The van der Waals surface area contributed by atoms with Crippen molar-refractivity contribution in [2.45, 2.75) is 38.6 Å². The number of aromatic nitrogens is 1. The van der Waals surface area contributed by atoms with Crippen LogP contribution in [0, 0.1) is 0 Å². The van der Waals surface area contributed by atoms with Crippen molar-refractivity contribution < 1.29 is 9.53 Å². The van der Waals surface area contributed by atoms with E-state index in [1.165, 1.54) is 28.8 Å². The highest BCUT2D eigenvalue weighted by atomic mass is 32.1. The topological polar surface area (TPSA) is 54.5 Å². The molecular weight excluding hydrogens is 346 g/mol. The second-order valence-corrected chi connectivity index (χ2v) is 8.05. The van der Waals surface area contributed by atoms with E-state index in [4.69, 9.17) is 4.74 Å². The van der Waals surface area contributed by atoms with Crippen LogP contribution < -0.4 is 5.32 Å². The normalized spacial score (nSPS) is 19.0. The van der Waals surface area contributed by atoms with Crippen LogP contribution in [0.25, 0.3) is 0 Å². The summed E-state index contributed by atoms with van der Waals surface area (Å²) in [5.41, 5.74) is 3.75.